The van der Waals surface area contributed by atoms with E-state index in [1.807, 2.05) is 6.07 Å². The highest BCUT2D eigenvalue weighted by Gasteiger charge is 2.17. The fourth-order valence-corrected chi connectivity index (χ4v) is 3.21. The molecule has 0 saturated carbocycles. The zero-order valence-electron chi connectivity index (χ0n) is 14.3. The normalized spacial score (nSPS) is 13.5. The van der Waals surface area contributed by atoms with Crippen LogP contribution in [-0.4, -0.2) is 6.54 Å². The average molecular weight is 320 g/mol. The van der Waals surface area contributed by atoms with E-state index in [2.05, 4.69) is 79.0 Å². The van der Waals surface area contributed by atoms with Crippen LogP contribution in [0.4, 0.5) is 0 Å². The molecule has 0 aliphatic heterocycles. The molecular formula is C22H26NO+. The number of quaternary nitrogens is 1. The molecule has 3 rings (SSSR count). The van der Waals surface area contributed by atoms with Crippen molar-refractivity contribution in [3.63, 3.8) is 0 Å². The van der Waals surface area contributed by atoms with E-state index in [4.69, 9.17) is 4.42 Å². The molecule has 0 aliphatic rings. The van der Waals surface area contributed by atoms with E-state index in [9.17, 15) is 0 Å². The lowest BCUT2D eigenvalue weighted by atomic mass is 9.93. The van der Waals surface area contributed by atoms with E-state index in [1.165, 1.54) is 11.1 Å². The summed E-state index contributed by atoms with van der Waals surface area (Å²) in [4.78, 5) is 0. The summed E-state index contributed by atoms with van der Waals surface area (Å²) >= 11 is 0. The van der Waals surface area contributed by atoms with Gasteiger partial charge in [-0.1, -0.05) is 60.7 Å². The summed E-state index contributed by atoms with van der Waals surface area (Å²) in [5.74, 6) is 1.53. The second-order valence-electron chi connectivity index (χ2n) is 6.41. The molecule has 0 aliphatic carbocycles. The molecule has 0 radical (unpaired) electrons. The maximum Gasteiger partial charge on any atom is 0.109 e. The second-order valence-corrected chi connectivity index (χ2v) is 6.41. The molecule has 2 nitrogen and oxygen atoms in total. The van der Waals surface area contributed by atoms with Crippen molar-refractivity contribution in [2.24, 2.45) is 0 Å². The molecule has 2 heteroatoms. The lowest BCUT2D eigenvalue weighted by Crippen LogP contribution is -2.84. The van der Waals surface area contributed by atoms with E-state index in [0.29, 0.717) is 12.0 Å². The van der Waals surface area contributed by atoms with Gasteiger partial charge in [-0.3, -0.25) is 0 Å². The van der Waals surface area contributed by atoms with Crippen molar-refractivity contribution in [2.75, 3.05) is 6.54 Å². The second kappa shape index (κ2) is 8.51. The molecule has 0 saturated heterocycles. The Bertz CT molecular complexity index is 691. The van der Waals surface area contributed by atoms with E-state index < -0.39 is 0 Å². The highest BCUT2D eigenvalue weighted by Crippen LogP contribution is 2.24. The third kappa shape index (κ3) is 4.59. The number of benzene rings is 2. The lowest BCUT2D eigenvalue weighted by Gasteiger charge is -2.16. The largest absolute Gasteiger partial charge is 0.469 e. The van der Waals surface area contributed by atoms with Gasteiger partial charge in [-0.2, -0.15) is 0 Å². The predicted molar refractivity (Wildman–Crippen MR) is 97.9 cm³/mol. The Morgan fingerprint density at radius 2 is 1.58 bits per heavy atom. The van der Waals surface area contributed by atoms with Crippen molar-refractivity contribution >= 4 is 0 Å². The van der Waals surface area contributed by atoms with Crippen LogP contribution in [0.5, 0.6) is 0 Å². The first-order valence-corrected chi connectivity index (χ1v) is 8.78. The summed E-state index contributed by atoms with van der Waals surface area (Å²) < 4.78 is 5.70. The van der Waals surface area contributed by atoms with E-state index in [-0.39, 0.29) is 0 Å². The minimum atomic E-state index is 0.432. The Kier molecular flexibility index (Phi) is 5.86. The van der Waals surface area contributed by atoms with Gasteiger partial charge in [-0.15, -0.1) is 0 Å². The van der Waals surface area contributed by atoms with Gasteiger partial charge in [0.05, 0.1) is 12.8 Å². The minimum Gasteiger partial charge on any atom is -0.469 e. The Labute approximate surface area is 144 Å². The fourth-order valence-electron chi connectivity index (χ4n) is 3.21. The van der Waals surface area contributed by atoms with E-state index >= 15 is 0 Å². The van der Waals surface area contributed by atoms with Gasteiger partial charge in [0, 0.05) is 17.9 Å². The van der Waals surface area contributed by atoms with Crippen molar-refractivity contribution in [3.8, 4) is 0 Å². The number of hydrogen-bond donors (Lipinski definition) is 1. The SMILES string of the molecule is C[C@H]([NH2+]CC[C@@H](Cc1ccccc1)c1ccco1)c1ccccc1. The summed E-state index contributed by atoms with van der Waals surface area (Å²) in [6.45, 7) is 3.36. The first-order chi connectivity index (χ1) is 11.8. The van der Waals surface area contributed by atoms with Crippen LogP contribution in [0.15, 0.2) is 83.5 Å². The third-order valence-corrected chi connectivity index (χ3v) is 4.63. The van der Waals surface area contributed by atoms with Crippen LogP contribution < -0.4 is 5.32 Å². The Hall–Kier alpha value is -2.32. The molecule has 24 heavy (non-hydrogen) atoms. The third-order valence-electron chi connectivity index (χ3n) is 4.63. The molecule has 0 fully saturated rings. The molecule has 0 bridgehead atoms. The summed E-state index contributed by atoms with van der Waals surface area (Å²) in [7, 11) is 0. The summed E-state index contributed by atoms with van der Waals surface area (Å²) in [6, 6.07) is 26.0. The van der Waals surface area contributed by atoms with Gasteiger partial charge in [0.1, 0.15) is 11.8 Å². The van der Waals surface area contributed by atoms with Gasteiger partial charge in [0.25, 0.3) is 0 Å². The molecule has 1 heterocycles. The summed E-state index contributed by atoms with van der Waals surface area (Å²) in [5, 5.41) is 2.43. The van der Waals surface area contributed by atoms with Crippen molar-refractivity contribution in [2.45, 2.75) is 31.7 Å². The molecule has 0 unspecified atom stereocenters. The van der Waals surface area contributed by atoms with Crippen LogP contribution >= 0.6 is 0 Å². The molecule has 0 spiro atoms. The highest BCUT2D eigenvalue weighted by atomic mass is 16.3. The zero-order valence-corrected chi connectivity index (χ0v) is 14.3. The Morgan fingerprint density at radius 1 is 0.875 bits per heavy atom. The van der Waals surface area contributed by atoms with Gasteiger partial charge >= 0.3 is 0 Å². The average Bonchev–Trinajstić information content (AvgIpc) is 3.17. The number of furan rings is 1. The predicted octanol–water partition coefficient (Wildman–Crippen LogP) is 4.32. The van der Waals surface area contributed by atoms with E-state index in [1.54, 1.807) is 6.26 Å². The maximum absolute atomic E-state index is 5.70. The molecule has 2 aromatic carbocycles. The van der Waals surface area contributed by atoms with Gasteiger partial charge in [-0.25, -0.2) is 0 Å². The molecule has 0 amide bonds. The number of nitrogens with two attached hydrogens (primary N) is 1. The quantitative estimate of drug-likeness (QED) is 0.658. The van der Waals surface area contributed by atoms with Crippen molar-refractivity contribution in [1.29, 1.82) is 0 Å². The van der Waals surface area contributed by atoms with Gasteiger partial charge < -0.3 is 9.73 Å². The molecule has 124 valence electrons. The standard InChI is InChI=1S/C22H25NO/c1-18(20-11-6-3-7-12-20)23-15-14-21(22-13-8-16-24-22)17-19-9-4-2-5-10-19/h2-13,16,18,21,23H,14-15,17H2,1H3/p+1/t18-,21-/m0/s1. The van der Waals surface area contributed by atoms with Gasteiger partial charge in [0.2, 0.25) is 0 Å². The zero-order chi connectivity index (χ0) is 16.6. The monoisotopic (exact) mass is 320 g/mol. The van der Waals surface area contributed by atoms with Crippen molar-refractivity contribution < 1.29 is 9.73 Å². The van der Waals surface area contributed by atoms with Crippen LogP contribution in [0, 0.1) is 0 Å². The van der Waals surface area contributed by atoms with Crippen LogP contribution in [-0.2, 0) is 6.42 Å². The molecular weight excluding hydrogens is 294 g/mol. The van der Waals surface area contributed by atoms with E-state index in [0.717, 1.165) is 25.1 Å². The first-order valence-electron chi connectivity index (χ1n) is 8.78. The number of hydrogen-bond acceptors (Lipinski definition) is 1. The highest BCUT2D eigenvalue weighted by molar-refractivity contribution is 5.19. The first kappa shape index (κ1) is 16.5. The summed E-state index contributed by atoms with van der Waals surface area (Å²) in [6.07, 6.45) is 3.92. The van der Waals surface area contributed by atoms with Crippen LogP contribution in [0.1, 0.15) is 42.2 Å². The summed E-state index contributed by atoms with van der Waals surface area (Å²) in [5.41, 5.74) is 2.75. The van der Waals surface area contributed by atoms with Crippen LogP contribution in [0.2, 0.25) is 0 Å². The smallest absolute Gasteiger partial charge is 0.109 e. The topological polar surface area (TPSA) is 29.8 Å². The Morgan fingerprint density at radius 3 is 2.25 bits per heavy atom. The van der Waals surface area contributed by atoms with Crippen molar-refractivity contribution in [3.05, 3.63) is 95.9 Å². The molecule has 2 atom stereocenters. The fraction of sp³-hybridized carbons (Fsp3) is 0.273. The molecule has 2 N–H and O–H groups in total. The lowest BCUT2D eigenvalue weighted by molar-refractivity contribution is -0.693. The Balaban J connectivity index is 1.58. The minimum absolute atomic E-state index is 0.432. The number of rotatable bonds is 8. The molecule has 1 aromatic heterocycles. The van der Waals surface area contributed by atoms with Crippen molar-refractivity contribution in [1.82, 2.24) is 0 Å². The van der Waals surface area contributed by atoms with Gasteiger partial charge in [0.15, 0.2) is 0 Å². The van der Waals surface area contributed by atoms with Crippen LogP contribution in [0.25, 0.3) is 0 Å². The maximum atomic E-state index is 5.70. The van der Waals surface area contributed by atoms with Gasteiger partial charge in [-0.05, 0) is 31.0 Å². The molecule has 3 aromatic rings. The van der Waals surface area contributed by atoms with Crippen LogP contribution in [0.3, 0.4) is 0 Å².